The minimum atomic E-state index is -2.69. The van der Waals surface area contributed by atoms with E-state index in [1.807, 2.05) is 0 Å². The summed E-state index contributed by atoms with van der Waals surface area (Å²) in [5, 5.41) is 29.9. The number of halogens is 1. The normalized spacial score (nSPS) is 14.6. The van der Waals surface area contributed by atoms with Crippen molar-refractivity contribution in [1.29, 1.82) is 0 Å². The number of imidazole rings is 1. The zero-order valence-corrected chi connectivity index (χ0v) is 17.4. The van der Waals surface area contributed by atoms with E-state index in [1.54, 1.807) is 30.3 Å². The number of nitrogen functional groups attached to an aromatic ring is 1. The number of ether oxygens (including phenoxy) is 2. The Balaban J connectivity index is 1.82. The summed E-state index contributed by atoms with van der Waals surface area (Å²) in [5.41, 5.74) is 3.52. The van der Waals surface area contributed by atoms with Gasteiger partial charge in [-0.05, 0) is 5.56 Å². The minimum Gasteiger partial charge on any atom is -0.479 e. The van der Waals surface area contributed by atoms with E-state index in [0.29, 0.717) is 5.56 Å². The predicted molar refractivity (Wildman–Crippen MR) is 111 cm³/mol. The fourth-order valence-electron chi connectivity index (χ4n) is 3.22. The molecule has 0 radical (unpaired) electrons. The number of aliphatic hydroxyl groups excluding tert-OH is 1. The molecule has 12 nitrogen and oxygen atoms in total. The van der Waals surface area contributed by atoms with Crippen LogP contribution >= 0.6 is 0 Å². The van der Waals surface area contributed by atoms with Crippen LogP contribution in [0, 0.1) is 0 Å². The molecule has 2 heterocycles. The fourth-order valence-corrected chi connectivity index (χ4v) is 3.22. The first-order valence-electron chi connectivity index (χ1n) is 9.64. The van der Waals surface area contributed by atoms with Crippen molar-refractivity contribution in [2.45, 2.75) is 30.5 Å². The standard InChI is InChI=1S/C20H22FN5O7/c1-32-12(14(27)15(21)26-10-25-13-16(22)23-9-24-17(13)26)8-33-20(18(28)29,19(30)31)7-11-5-3-2-4-6-11/h2-6,9-10,12,14-15,27H,7-8H2,1H3,(H,28,29)(H,30,31)(H2,22,23,24)/t12-,14-,15+/m1/s1. The number of carboxylic acids is 2. The van der Waals surface area contributed by atoms with Crippen molar-refractivity contribution >= 4 is 28.9 Å². The van der Waals surface area contributed by atoms with Gasteiger partial charge in [-0.15, -0.1) is 0 Å². The van der Waals surface area contributed by atoms with Crippen molar-refractivity contribution in [2.24, 2.45) is 0 Å². The molecular weight excluding hydrogens is 441 g/mol. The van der Waals surface area contributed by atoms with E-state index in [-0.39, 0.29) is 17.0 Å². The number of fused-ring (bicyclic) bond motifs is 1. The van der Waals surface area contributed by atoms with Gasteiger partial charge in [-0.25, -0.2) is 28.9 Å². The van der Waals surface area contributed by atoms with Crippen LogP contribution in [0.2, 0.25) is 0 Å². The number of nitrogens with two attached hydrogens (primary N) is 1. The number of hydrogen-bond donors (Lipinski definition) is 4. The SMILES string of the molecule is CO[C@H](COC(Cc1ccccc1)(C(=O)O)C(=O)O)[C@@H](O)[C@@H](F)n1cnc2c(N)ncnc21. The number of benzene rings is 1. The Morgan fingerprint density at radius 3 is 2.45 bits per heavy atom. The highest BCUT2D eigenvalue weighted by atomic mass is 19.1. The lowest BCUT2D eigenvalue weighted by Crippen LogP contribution is -2.53. The van der Waals surface area contributed by atoms with Crippen LogP contribution < -0.4 is 5.73 Å². The van der Waals surface area contributed by atoms with Gasteiger partial charge in [0, 0.05) is 13.5 Å². The Kier molecular flexibility index (Phi) is 7.16. The lowest BCUT2D eigenvalue weighted by atomic mass is 9.94. The molecular formula is C20H22FN5O7. The Morgan fingerprint density at radius 2 is 1.85 bits per heavy atom. The van der Waals surface area contributed by atoms with Crippen molar-refractivity contribution in [3.05, 3.63) is 48.5 Å². The maximum Gasteiger partial charge on any atom is 0.348 e. The number of anilines is 1. The van der Waals surface area contributed by atoms with Gasteiger partial charge in [-0.2, -0.15) is 0 Å². The van der Waals surface area contributed by atoms with E-state index in [4.69, 9.17) is 15.2 Å². The summed E-state index contributed by atoms with van der Waals surface area (Å²) < 4.78 is 26.4. The summed E-state index contributed by atoms with van der Waals surface area (Å²) in [7, 11) is 1.14. The number of aliphatic carboxylic acids is 2. The quantitative estimate of drug-likeness (QED) is 0.289. The number of methoxy groups -OCH3 is 1. The molecule has 0 aliphatic rings. The monoisotopic (exact) mass is 463 g/mol. The molecule has 0 aliphatic carbocycles. The molecule has 33 heavy (non-hydrogen) atoms. The molecule has 0 spiro atoms. The van der Waals surface area contributed by atoms with Crippen LogP contribution in [-0.4, -0.2) is 78.3 Å². The molecule has 0 bridgehead atoms. The number of aliphatic hydroxyl groups is 1. The molecule has 0 saturated carbocycles. The molecule has 0 aliphatic heterocycles. The van der Waals surface area contributed by atoms with Crippen LogP contribution in [0.15, 0.2) is 43.0 Å². The van der Waals surface area contributed by atoms with Crippen LogP contribution in [0.1, 0.15) is 11.9 Å². The topological polar surface area (TPSA) is 183 Å². The summed E-state index contributed by atoms with van der Waals surface area (Å²) >= 11 is 0. The summed E-state index contributed by atoms with van der Waals surface area (Å²) in [6.45, 7) is -0.743. The average molecular weight is 463 g/mol. The van der Waals surface area contributed by atoms with E-state index < -0.39 is 49.1 Å². The fraction of sp³-hybridized carbons (Fsp3) is 0.350. The molecule has 5 N–H and O–H groups in total. The van der Waals surface area contributed by atoms with Gasteiger partial charge in [0.2, 0.25) is 6.30 Å². The Hall–Kier alpha value is -3.68. The van der Waals surface area contributed by atoms with E-state index in [2.05, 4.69) is 15.0 Å². The first-order chi connectivity index (χ1) is 15.7. The van der Waals surface area contributed by atoms with Crippen LogP contribution in [0.25, 0.3) is 11.2 Å². The van der Waals surface area contributed by atoms with Crippen LogP contribution in [0.4, 0.5) is 10.2 Å². The number of nitrogens with zero attached hydrogens (tertiary/aromatic N) is 4. The maximum absolute atomic E-state index is 15.1. The van der Waals surface area contributed by atoms with Gasteiger partial charge in [0.1, 0.15) is 24.1 Å². The Morgan fingerprint density at radius 1 is 1.18 bits per heavy atom. The highest BCUT2D eigenvalue weighted by Crippen LogP contribution is 2.26. The number of rotatable bonds is 11. The van der Waals surface area contributed by atoms with Crippen LogP contribution in [0.5, 0.6) is 0 Å². The Labute approximate surface area is 186 Å². The zero-order chi connectivity index (χ0) is 24.2. The summed E-state index contributed by atoms with van der Waals surface area (Å²) in [6, 6.07) is 8.00. The van der Waals surface area contributed by atoms with Gasteiger partial charge in [0.15, 0.2) is 11.5 Å². The highest BCUT2D eigenvalue weighted by Gasteiger charge is 2.49. The third-order valence-corrected chi connectivity index (χ3v) is 5.10. The molecule has 3 aromatic rings. The first kappa shape index (κ1) is 24.0. The molecule has 13 heteroatoms. The van der Waals surface area contributed by atoms with E-state index in [0.717, 1.165) is 24.3 Å². The molecule has 1 aromatic carbocycles. The third kappa shape index (κ3) is 4.74. The number of hydrogen-bond acceptors (Lipinski definition) is 9. The molecule has 0 amide bonds. The minimum absolute atomic E-state index is 0.0133. The van der Waals surface area contributed by atoms with Crippen molar-refractivity contribution in [2.75, 3.05) is 19.5 Å². The van der Waals surface area contributed by atoms with Gasteiger partial charge in [0.25, 0.3) is 5.60 Å². The van der Waals surface area contributed by atoms with Crippen molar-refractivity contribution in [3.63, 3.8) is 0 Å². The second-order valence-corrected chi connectivity index (χ2v) is 7.13. The largest absolute Gasteiger partial charge is 0.479 e. The molecule has 0 fully saturated rings. The summed E-state index contributed by atoms with van der Waals surface area (Å²) in [4.78, 5) is 35.4. The molecule has 176 valence electrons. The lowest BCUT2D eigenvalue weighted by molar-refractivity contribution is -0.192. The third-order valence-electron chi connectivity index (χ3n) is 5.10. The molecule has 2 aromatic heterocycles. The average Bonchev–Trinajstić information content (AvgIpc) is 3.23. The number of carboxylic acid groups (broad SMARTS) is 2. The van der Waals surface area contributed by atoms with E-state index >= 15 is 4.39 Å². The second-order valence-electron chi connectivity index (χ2n) is 7.13. The van der Waals surface area contributed by atoms with Crippen LogP contribution in [-0.2, 0) is 25.5 Å². The van der Waals surface area contributed by atoms with Crippen molar-refractivity contribution in [1.82, 2.24) is 19.5 Å². The number of aromatic nitrogens is 4. The van der Waals surface area contributed by atoms with Gasteiger partial charge >= 0.3 is 11.9 Å². The lowest BCUT2D eigenvalue weighted by Gasteiger charge is -2.30. The van der Waals surface area contributed by atoms with Crippen molar-refractivity contribution < 1.29 is 38.8 Å². The molecule has 3 rings (SSSR count). The maximum atomic E-state index is 15.1. The second kappa shape index (κ2) is 9.85. The van der Waals surface area contributed by atoms with Crippen LogP contribution in [0.3, 0.4) is 0 Å². The predicted octanol–water partition coefficient (Wildman–Crippen LogP) is 0.420. The summed E-state index contributed by atoms with van der Waals surface area (Å²) in [5.74, 6) is -3.50. The van der Waals surface area contributed by atoms with E-state index in [9.17, 15) is 24.9 Å². The molecule has 0 saturated heterocycles. The van der Waals surface area contributed by atoms with Crippen molar-refractivity contribution in [3.8, 4) is 0 Å². The smallest absolute Gasteiger partial charge is 0.348 e. The van der Waals surface area contributed by atoms with Gasteiger partial charge < -0.3 is 30.5 Å². The van der Waals surface area contributed by atoms with Gasteiger partial charge in [0.05, 0.1) is 12.9 Å². The summed E-state index contributed by atoms with van der Waals surface area (Å²) in [6.07, 6.45) is -3.84. The first-order valence-corrected chi connectivity index (χ1v) is 9.64. The zero-order valence-electron chi connectivity index (χ0n) is 17.4. The Bertz CT molecular complexity index is 1110. The van der Waals surface area contributed by atoms with Gasteiger partial charge in [-0.1, -0.05) is 30.3 Å². The van der Waals surface area contributed by atoms with Gasteiger partial charge in [-0.3, -0.25) is 4.57 Å². The van der Waals surface area contributed by atoms with E-state index in [1.165, 1.54) is 0 Å². The molecule has 3 atom stereocenters. The molecule has 0 unspecified atom stereocenters. The number of carbonyl (C=O) groups is 2. The highest BCUT2D eigenvalue weighted by molar-refractivity contribution is 6.02. The number of alkyl halides is 1.